The molecule has 8 nitrogen and oxygen atoms in total. The summed E-state index contributed by atoms with van der Waals surface area (Å²) < 4.78 is 22.2. The number of carbonyl (C=O) groups is 2. The van der Waals surface area contributed by atoms with Crippen molar-refractivity contribution in [2.45, 2.75) is 25.2 Å². The van der Waals surface area contributed by atoms with Crippen molar-refractivity contribution < 1.29 is 18.7 Å². The van der Waals surface area contributed by atoms with Crippen molar-refractivity contribution in [2.24, 2.45) is 0 Å². The largest absolute Gasteiger partial charge is 0.462 e. The molecule has 0 radical (unpaired) electrons. The van der Waals surface area contributed by atoms with Crippen molar-refractivity contribution in [3.8, 4) is 0 Å². The van der Waals surface area contributed by atoms with E-state index < -0.39 is 17.7 Å². The number of hydrogen-bond donors (Lipinski definition) is 1. The molecule has 2 aromatic heterocycles. The van der Waals surface area contributed by atoms with Crippen LogP contribution in [0, 0.1) is 5.82 Å². The zero-order chi connectivity index (χ0) is 23.1. The Balaban J connectivity index is 1.58. The number of anilines is 1. The first-order valence-electron chi connectivity index (χ1n) is 10.4. The quantitative estimate of drug-likeness (QED) is 0.358. The average molecular weight is 466 g/mol. The van der Waals surface area contributed by atoms with E-state index in [1.54, 1.807) is 40.3 Å². The Morgan fingerprint density at radius 2 is 2.06 bits per heavy atom. The maximum Gasteiger partial charge on any atom is 0.340 e. The van der Waals surface area contributed by atoms with Crippen molar-refractivity contribution in [2.75, 3.05) is 17.7 Å². The number of thioether (sulfide) groups is 1. The summed E-state index contributed by atoms with van der Waals surface area (Å²) in [5.41, 5.74) is 1.41. The fraction of sp³-hybridized carbons (Fsp3) is 0.217. The standard InChI is InChI=1S/C23H19FN4O4S/c1-2-32-22(31)14-5-3-4-6-16(14)25-18(29)12-28-17-8-7-13(24)11-15(17)19-20(28)21(30)27-9-10-33-23(27)26-19/h3-8,11H,2,9-10,12H2,1H3,(H,25,29). The van der Waals surface area contributed by atoms with Crippen LogP contribution >= 0.6 is 11.8 Å². The number of halogens is 1. The number of fused-ring (bicyclic) bond motifs is 4. The predicted octanol–water partition coefficient (Wildman–Crippen LogP) is 3.41. The van der Waals surface area contributed by atoms with Crippen LogP contribution in [-0.4, -0.2) is 38.4 Å². The number of nitrogens with zero attached hydrogens (tertiary/aromatic N) is 3. The molecule has 168 valence electrons. The molecule has 1 aliphatic rings. The Hall–Kier alpha value is -3.66. The molecule has 2 aromatic carbocycles. The Labute approximate surface area is 191 Å². The summed E-state index contributed by atoms with van der Waals surface area (Å²) in [4.78, 5) is 43.1. The molecule has 10 heteroatoms. The third-order valence-corrected chi connectivity index (χ3v) is 6.39. The second kappa shape index (κ2) is 8.36. The van der Waals surface area contributed by atoms with Crippen molar-refractivity contribution in [3.63, 3.8) is 0 Å². The molecule has 0 atom stereocenters. The van der Waals surface area contributed by atoms with Crippen molar-refractivity contribution >= 4 is 51.3 Å². The van der Waals surface area contributed by atoms with E-state index in [0.29, 0.717) is 33.8 Å². The summed E-state index contributed by atoms with van der Waals surface area (Å²) in [6.45, 7) is 2.22. The van der Waals surface area contributed by atoms with E-state index in [-0.39, 0.29) is 29.8 Å². The van der Waals surface area contributed by atoms with Gasteiger partial charge in [0.2, 0.25) is 5.91 Å². The number of hydrogen-bond acceptors (Lipinski definition) is 6. The number of benzene rings is 2. The number of ether oxygens (including phenoxy) is 1. The minimum absolute atomic E-state index is 0.207. The van der Waals surface area contributed by atoms with Crippen molar-refractivity contribution in [1.82, 2.24) is 14.1 Å². The molecule has 5 rings (SSSR count). The summed E-state index contributed by atoms with van der Waals surface area (Å²) >= 11 is 1.47. The van der Waals surface area contributed by atoms with Gasteiger partial charge in [-0.1, -0.05) is 23.9 Å². The second-order valence-corrected chi connectivity index (χ2v) is 8.52. The summed E-state index contributed by atoms with van der Waals surface area (Å²) in [5.74, 6) is -0.721. The average Bonchev–Trinajstić information content (AvgIpc) is 3.38. The highest BCUT2D eigenvalue weighted by Crippen LogP contribution is 2.30. The van der Waals surface area contributed by atoms with Crippen LogP contribution < -0.4 is 10.9 Å². The first-order chi connectivity index (χ1) is 16.0. The Kier molecular flexibility index (Phi) is 5.37. The van der Waals surface area contributed by atoms with Gasteiger partial charge in [-0.25, -0.2) is 14.2 Å². The van der Waals surface area contributed by atoms with E-state index in [2.05, 4.69) is 10.3 Å². The molecule has 0 saturated carbocycles. The first kappa shape index (κ1) is 21.2. The molecule has 0 unspecified atom stereocenters. The summed E-state index contributed by atoms with van der Waals surface area (Å²) in [6.07, 6.45) is 0. The number of para-hydroxylation sites is 1. The summed E-state index contributed by atoms with van der Waals surface area (Å²) in [7, 11) is 0. The van der Waals surface area contributed by atoms with Gasteiger partial charge >= 0.3 is 5.97 Å². The topological polar surface area (TPSA) is 95.2 Å². The summed E-state index contributed by atoms with van der Waals surface area (Å²) in [6, 6.07) is 10.7. The van der Waals surface area contributed by atoms with Gasteiger partial charge in [0.15, 0.2) is 5.16 Å². The smallest absolute Gasteiger partial charge is 0.340 e. The van der Waals surface area contributed by atoms with Crippen LogP contribution in [0.5, 0.6) is 0 Å². The number of nitrogens with one attached hydrogen (secondary N) is 1. The third kappa shape index (κ3) is 3.66. The lowest BCUT2D eigenvalue weighted by atomic mass is 10.2. The van der Waals surface area contributed by atoms with Gasteiger partial charge in [0.05, 0.1) is 23.4 Å². The minimum Gasteiger partial charge on any atom is -0.462 e. The van der Waals surface area contributed by atoms with Crippen molar-refractivity contribution in [1.29, 1.82) is 0 Å². The Bertz CT molecular complexity index is 1490. The molecule has 1 aliphatic heterocycles. The number of carbonyl (C=O) groups excluding carboxylic acids is 2. The van der Waals surface area contributed by atoms with Crippen LogP contribution in [0.1, 0.15) is 17.3 Å². The fourth-order valence-electron chi connectivity index (χ4n) is 4.02. The molecular weight excluding hydrogens is 447 g/mol. The van der Waals surface area contributed by atoms with Gasteiger partial charge in [-0.3, -0.25) is 14.2 Å². The van der Waals surface area contributed by atoms with Gasteiger partial charge in [-0.05, 0) is 37.3 Å². The maximum absolute atomic E-state index is 14.0. The third-order valence-electron chi connectivity index (χ3n) is 5.43. The molecule has 1 amide bonds. The normalized spacial score (nSPS) is 12.8. The molecule has 1 N–H and O–H groups in total. The van der Waals surface area contributed by atoms with Crippen LogP contribution in [0.4, 0.5) is 10.1 Å². The van der Waals surface area contributed by atoms with Gasteiger partial charge in [0, 0.05) is 17.7 Å². The molecule has 3 heterocycles. The zero-order valence-corrected chi connectivity index (χ0v) is 18.4. The van der Waals surface area contributed by atoms with Gasteiger partial charge in [0.25, 0.3) is 5.56 Å². The van der Waals surface area contributed by atoms with Crippen LogP contribution in [0.2, 0.25) is 0 Å². The lowest BCUT2D eigenvalue weighted by Gasteiger charge is -2.12. The Morgan fingerprint density at radius 1 is 1.24 bits per heavy atom. The van der Waals surface area contributed by atoms with E-state index in [0.717, 1.165) is 5.75 Å². The molecule has 4 aromatic rings. The molecule has 0 saturated heterocycles. The SMILES string of the molecule is CCOC(=O)c1ccccc1NC(=O)Cn1c2ccc(F)cc2c2nc3n(c(=O)c21)CCS3. The lowest BCUT2D eigenvalue weighted by Crippen LogP contribution is -2.25. The minimum atomic E-state index is -0.545. The van der Waals surface area contributed by atoms with Gasteiger partial charge < -0.3 is 14.6 Å². The number of amides is 1. The fourth-order valence-corrected chi connectivity index (χ4v) is 4.96. The molecule has 0 bridgehead atoms. The lowest BCUT2D eigenvalue weighted by molar-refractivity contribution is -0.116. The number of rotatable bonds is 5. The number of aromatic nitrogens is 3. The van der Waals surface area contributed by atoms with Crippen LogP contribution in [-0.2, 0) is 22.6 Å². The van der Waals surface area contributed by atoms with Gasteiger partial charge in [0.1, 0.15) is 23.4 Å². The highest BCUT2D eigenvalue weighted by atomic mass is 32.2. The second-order valence-electron chi connectivity index (χ2n) is 7.46. The van der Waals surface area contributed by atoms with E-state index in [1.807, 2.05) is 0 Å². The number of esters is 1. The van der Waals surface area contributed by atoms with Crippen LogP contribution in [0.25, 0.3) is 21.9 Å². The molecule has 0 aliphatic carbocycles. The first-order valence-corrected chi connectivity index (χ1v) is 11.4. The predicted molar refractivity (Wildman–Crippen MR) is 123 cm³/mol. The monoisotopic (exact) mass is 466 g/mol. The van der Waals surface area contributed by atoms with Crippen molar-refractivity contribution in [3.05, 3.63) is 64.2 Å². The molecule has 0 fully saturated rings. The highest BCUT2D eigenvalue weighted by molar-refractivity contribution is 7.99. The van der Waals surface area contributed by atoms with Gasteiger partial charge in [-0.15, -0.1) is 0 Å². The Morgan fingerprint density at radius 3 is 2.88 bits per heavy atom. The molecule has 0 spiro atoms. The van der Waals surface area contributed by atoms with E-state index in [9.17, 15) is 18.8 Å². The van der Waals surface area contributed by atoms with E-state index >= 15 is 0 Å². The van der Waals surface area contributed by atoms with E-state index in [1.165, 1.54) is 30.0 Å². The van der Waals surface area contributed by atoms with Crippen LogP contribution in [0.15, 0.2) is 52.4 Å². The molecule has 33 heavy (non-hydrogen) atoms. The zero-order valence-electron chi connectivity index (χ0n) is 17.6. The highest BCUT2D eigenvalue weighted by Gasteiger charge is 2.24. The van der Waals surface area contributed by atoms with E-state index in [4.69, 9.17) is 4.74 Å². The summed E-state index contributed by atoms with van der Waals surface area (Å²) in [5, 5.41) is 3.79. The van der Waals surface area contributed by atoms with Crippen LogP contribution in [0.3, 0.4) is 0 Å². The molecular formula is C23H19FN4O4S. The van der Waals surface area contributed by atoms with Gasteiger partial charge in [-0.2, -0.15) is 0 Å². The maximum atomic E-state index is 14.0.